The van der Waals surface area contributed by atoms with Gasteiger partial charge in [0, 0.05) is 11.5 Å². The zero-order chi connectivity index (χ0) is 14.8. The van der Waals surface area contributed by atoms with Crippen molar-refractivity contribution in [3.8, 4) is 0 Å². The summed E-state index contributed by atoms with van der Waals surface area (Å²) in [5.41, 5.74) is 7.59. The number of aryl methyl sites for hydroxylation is 1. The smallest absolute Gasteiger partial charge is 0.127 e. The minimum Gasteiger partial charge on any atom is -0.384 e. The molecule has 1 aromatic rings. The normalized spacial score (nSPS) is 17.6. The first-order chi connectivity index (χ1) is 9.45. The molecule has 0 atom stereocenters. The van der Waals surface area contributed by atoms with Crippen LogP contribution in [0.3, 0.4) is 0 Å². The summed E-state index contributed by atoms with van der Waals surface area (Å²) in [7, 11) is 0. The summed E-state index contributed by atoms with van der Waals surface area (Å²) >= 11 is 0. The molecule has 0 aliphatic heterocycles. The second-order valence-corrected chi connectivity index (χ2v) is 7.25. The van der Waals surface area contributed by atoms with Crippen molar-refractivity contribution in [2.45, 2.75) is 90.5 Å². The van der Waals surface area contributed by atoms with E-state index in [2.05, 4.69) is 32.3 Å². The number of rotatable bonds is 4. The van der Waals surface area contributed by atoms with Crippen LogP contribution in [0.1, 0.15) is 90.1 Å². The number of aromatic nitrogens is 2. The second-order valence-electron chi connectivity index (χ2n) is 7.25. The zero-order valence-corrected chi connectivity index (χ0v) is 13.7. The molecule has 0 bridgehead atoms. The third-order valence-electron chi connectivity index (χ3n) is 4.42. The van der Waals surface area contributed by atoms with Crippen LogP contribution >= 0.6 is 0 Å². The van der Waals surface area contributed by atoms with Crippen molar-refractivity contribution < 1.29 is 0 Å². The molecule has 1 fully saturated rings. The molecule has 3 heteroatoms. The molecule has 1 aliphatic carbocycles. The number of imidazole rings is 1. The predicted octanol–water partition coefficient (Wildman–Crippen LogP) is 4.61. The lowest BCUT2D eigenvalue weighted by molar-refractivity contribution is 0.349. The van der Waals surface area contributed by atoms with Crippen LogP contribution in [0.25, 0.3) is 0 Å². The Hall–Kier alpha value is -0.990. The summed E-state index contributed by atoms with van der Waals surface area (Å²) in [6.07, 6.45) is 10.0. The van der Waals surface area contributed by atoms with Crippen molar-refractivity contribution in [1.29, 1.82) is 0 Å². The van der Waals surface area contributed by atoms with Crippen LogP contribution in [-0.4, -0.2) is 9.55 Å². The fourth-order valence-electron chi connectivity index (χ4n) is 3.37. The van der Waals surface area contributed by atoms with Gasteiger partial charge in [0.2, 0.25) is 0 Å². The highest BCUT2D eigenvalue weighted by Crippen LogP contribution is 2.37. The van der Waals surface area contributed by atoms with E-state index in [1.54, 1.807) is 0 Å². The molecule has 0 amide bonds. The van der Waals surface area contributed by atoms with Crippen LogP contribution in [0.4, 0.5) is 5.82 Å². The van der Waals surface area contributed by atoms with Crippen LogP contribution < -0.4 is 5.73 Å². The molecule has 3 nitrogen and oxygen atoms in total. The highest BCUT2D eigenvalue weighted by molar-refractivity contribution is 5.40. The molecule has 2 N–H and O–H groups in total. The number of nitrogen functional groups attached to an aromatic ring is 1. The average molecular weight is 277 g/mol. The lowest BCUT2D eigenvalue weighted by Gasteiger charge is -2.29. The zero-order valence-electron chi connectivity index (χ0n) is 13.7. The Balaban J connectivity index is 2.37. The van der Waals surface area contributed by atoms with Crippen molar-refractivity contribution in [3.63, 3.8) is 0 Å². The molecule has 0 unspecified atom stereocenters. The van der Waals surface area contributed by atoms with Gasteiger partial charge in [0.25, 0.3) is 0 Å². The largest absolute Gasteiger partial charge is 0.384 e. The van der Waals surface area contributed by atoms with Crippen molar-refractivity contribution in [1.82, 2.24) is 9.55 Å². The highest BCUT2D eigenvalue weighted by Gasteiger charge is 2.29. The number of hydrogen-bond acceptors (Lipinski definition) is 2. The van der Waals surface area contributed by atoms with Crippen molar-refractivity contribution in [2.75, 3.05) is 5.73 Å². The van der Waals surface area contributed by atoms with Gasteiger partial charge in [0.05, 0.1) is 5.69 Å². The van der Waals surface area contributed by atoms with Gasteiger partial charge in [0.15, 0.2) is 0 Å². The summed E-state index contributed by atoms with van der Waals surface area (Å²) in [6, 6.07) is 0. The van der Waals surface area contributed by atoms with Crippen molar-refractivity contribution >= 4 is 5.82 Å². The van der Waals surface area contributed by atoms with E-state index in [9.17, 15) is 0 Å². The van der Waals surface area contributed by atoms with Crippen LogP contribution in [-0.2, 0) is 12.0 Å². The first kappa shape index (κ1) is 15.4. The Morgan fingerprint density at radius 2 is 1.85 bits per heavy atom. The van der Waals surface area contributed by atoms with Crippen LogP contribution in [0, 0.1) is 0 Å². The van der Waals surface area contributed by atoms with Gasteiger partial charge in [-0.3, -0.25) is 0 Å². The van der Waals surface area contributed by atoms with E-state index in [0.29, 0.717) is 5.92 Å². The topological polar surface area (TPSA) is 43.8 Å². The van der Waals surface area contributed by atoms with E-state index >= 15 is 0 Å². The Morgan fingerprint density at radius 1 is 1.20 bits per heavy atom. The first-order valence-corrected chi connectivity index (χ1v) is 8.32. The molecular weight excluding hydrogens is 246 g/mol. The molecule has 0 spiro atoms. The molecule has 20 heavy (non-hydrogen) atoms. The molecule has 1 saturated carbocycles. The Bertz CT molecular complexity index is 434. The minimum absolute atomic E-state index is 0.0222. The van der Waals surface area contributed by atoms with Gasteiger partial charge in [-0.2, -0.15) is 0 Å². The van der Waals surface area contributed by atoms with E-state index in [1.165, 1.54) is 50.8 Å². The summed E-state index contributed by atoms with van der Waals surface area (Å²) < 4.78 is 2.31. The monoisotopic (exact) mass is 277 g/mol. The van der Waals surface area contributed by atoms with Gasteiger partial charge in [-0.25, -0.2) is 4.98 Å². The molecular formula is C17H31N3. The summed E-state index contributed by atoms with van der Waals surface area (Å²) in [6.45, 7) is 8.93. The van der Waals surface area contributed by atoms with Gasteiger partial charge >= 0.3 is 0 Å². The number of unbranched alkanes of at least 4 members (excludes halogenated alkanes) is 1. The van der Waals surface area contributed by atoms with Gasteiger partial charge in [0.1, 0.15) is 11.6 Å². The van der Waals surface area contributed by atoms with Gasteiger partial charge in [-0.1, -0.05) is 32.6 Å². The molecule has 1 heterocycles. The SMILES string of the molecule is CCCCc1nc(C2CCCCC2)n(C(C)(C)C)c1N. The van der Waals surface area contributed by atoms with E-state index < -0.39 is 0 Å². The van der Waals surface area contributed by atoms with Crippen molar-refractivity contribution in [2.24, 2.45) is 0 Å². The van der Waals surface area contributed by atoms with Crippen LogP contribution in [0.15, 0.2) is 0 Å². The number of hydrogen-bond donors (Lipinski definition) is 1. The second kappa shape index (κ2) is 6.19. The fourth-order valence-corrected chi connectivity index (χ4v) is 3.37. The van der Waals surface area contributed by atoms with E-state index in [1.807, 2.05) is 0 Å². The van der Waals surface area contributed by atoms with E-state index in [-0.39, 0.29) is 5.54 Å². The quantitative estimate of drug-likeness (QED) is 0.873. The van der Waals surface area contributed by atoms with E-state index in [0.717, 1.165) is 17.9 Å². The summed E-state index contributed by atoms with van der Waals surface area (Å²) in [5.74, 6) is 2.77. The Morgan fingerprint density at radius 3 is 2.40 bits per heavy atom. The Kier molecular flexibility index (Phi) is 4.77. The molecule has 0 radical (unpaired) electrons. The minimum atomic E-state index is 0.0222. The molecule has 1 aliphatic rings. The molecule has 1 aromatic heterocycles. The van der Waals surface area contributed by atoms with Crippen LogP contribution in [0.5, 0.6) is 0 Å². The third kappa shape index (κ3) is 3.18. The van der Waals surface area contributed by atoms with E-state index in [4.69, 9.17) is 10.7 Å². The maximum Gasteiger partial charge on any atom is 0.127 e. The third-order valence-corrected chi connectivity index (χ3v) is 4.42. The van der Waals surface area contributed by atoms with Crippen molar-refractivity contribution in [3.05, 3.63) is 11.5 Å². The first-order valence-electron chi connectivity index (χ1n) is 8.32. The number of anilines is 1. The molecule has 0 aromatic carbocycles. The lowest BCUT2D eigenvalue weighted by Crippen LogP contribution is -2.27. The number of nitrogens with two attached hydrogens (primary N) is 1. The summed E-state index contributed by atoms with van der Waals surface area (Å²) in [4.78, 5) is 4.98. The molecule has 0 saturated heterocycles. The summed E-state index contributed by atoms with van der Waals surface area (Å²) in [5, 5.41) is 0. The molecule has 2 rings (SSSR count). The van der Waals surface area contributed by atoms with Gasteiger partial charge < -0.3 is 10.3 Å². The Labute approximate surface area is 124 Å². The van der Waals surface area contributed by atoms with Gasteiger partial charge in [-0.05, 0) is 46.5 Å². The molecule has 114 valence electrons. The lowest BCUT2D eigenvalue weighted by atomic mass is 9.88. The maximum absolute atomic E-state index is 6.44. The number of nitrogens with zero attached hydrogens (tertiary/aromatic N) is 2. The van der Waals surface area contributed by atoms with Crippen LogP contribution in [0.2, 0.25) is 0 Å². The standard InChI is InChI=1S/C17H31N3/c1-5-6-12-14-15(18)20(17(2,3)4)16(19-14)13-10-8-7-9-11-13/h13H,5-12,18H2,1-4H3. The van der Waals surface area contributed by atoms with Gasteiger partial charge in [-0.15, -0.1) is 0 Å². The fraction of sp³-hybridized carbons (Fsp3) is 0.824. The highest BCUT2D eigenvalue weighted by atomic mass is 15.2. The average Bonchev–Trinajstić information content (AvgIpc) is 2.74. The maximum atomic E-state index is 6.44. The predicted molar refractivity (Wildman–Crippen MR) is 86.1 cm³/mol.